The predicted molar refractivity (Wildman–Crippen MR) is 55.1 cm³/mol. The molecule has 15 heavy (non-hydrogen) atoms. The number of hydrogen-bond acceptors (Lipinski definition) is 3. The fraction of sp³-hybridized carbons (Fsp3) is 0.500. The van der Waals surface area contributed by atoms with Gasteiger partial charge in [-0.15, -0.1) is 0 Å². The summed E-state index contributed by atoms with van der Waals surface area (Å²) in [5.41, 5.74) is -0.887. The molecule has 0 bridgehead atoms. The Morgan fingerprint density at radius 2 is 2.20 bits per heavy atom. The van der Waals surface area contributed by atoms with Crippen molar-refractivity contribution in [2.45, 2.75) is 31.8 Å². The summed E-state index contributed by atoms with van der Waals surface area (Å²) in [6, 6.07) is 0. The molecule has 1 heterocycles. The van der Waals surface area contributed by atoms with E-state index in [-0.39, 0.29) is 11.4 Å². The number of hydrogen-bond donors (Lipinski definition) is 0. The van der Waals surface area contributed by atoms with E-state index in [0.29, 0.717) is 19.3 Å². The average Bonchev–Trinajstić information content (AvgIpc) is 2.45. The van der Waals surface area contributed by atoms with Gasteiger partial charge in [-0.05, 0) is 12.5 Å². The lowest BCUT2D eigenvalue weighted by atomic mass is 9.68. The first-order valence-electron chi connectivity index (χ1n) is 5.14. The summed E-state index contributed by atoms with van der Waals surface area (Å²) in [7, 11) is 0. The van der Waals surface area contributed by atoms with Crippen molar-refractivity contribution in [3.05, 3.63) is 24.3 Å². The number of esters is 1. The molecular formula is C12H14O3. The van der Waals surface area contributed by atoms with Crippen molar-refractivity contribution in [3.63, 3.8) is 0 Å². The molecule has 0 aromatic heterocycles. The Morgan fingerprint density at radius 3 is 2.93 bits per heavy atom. The molecule has 1 aliphatic heterocycles. The van der Waals surface area contributed by atoms with Crippen LogP contribution in [-0.2, 0) is 14.3 Å². The molecular weight excluding hydrogens is 192 g/mol. The van der Waals surface area contributed by atoms with Gasteiger partial charge in [-0.2, -0.15) is 0 Å². The zero-order valence-electron chi connectivity index (χ0n) is 8.73. The minimum Gasteiger partial charge on any atom is -0.454 e. The molecule has 0 aromatic carbocycles. The molecule has 0 aromatic rings. The van der Waals surface area contributed by atoms with Crippen molar-refractivity contribution in [1.29, 1.82) is 0 Å². The number of aldehydes is 1. The van der Waals surface area contributed by atoms with Gasteiger partial charge in [0.1, 0.15) is 11.9 Å². The third-order valence-corrected chi connectivity index (χ3v) is 3.35. The highest BCUT2D eigenvalue weighted by atomic mass is 16.6. The second-order valence-electron chi connectivity index (χ2n) is 4.38. The van der Waals surface area contributed by atoms with E-state index in [1.807, 2.05) is 31.2 Å². The van der Waals surface area contributed by atoms with Crippen LogP contribution in [0.3, 0.4) is 0 Å². The van der Waals surface area contributed by atoms with Gasteiger partial charge in [-0.3, -0.25) is 4.79 Å². The van der Waals surface area contributed by atoms with Crippen LogP contribution in [0.2, 0.25) is 0 Å². The molecule has 2 atom stereocenters. The lowest BCUT2D eigenvalue weighted by molar-refractivity contribution is -0.147. The Morgan fingerprint density at radius 1 is 1.47 bits per heavy atom. The van der Waals surface area contributed by atoms with Crippen LogP contribution < -0.4 is 0 Å². The Balaban J connectivity index is 2.33. The maximum Gasteiger partial charge on any atom is 0.307 e. The standard InChI is InChI=1S/C12H14O3/c1-11-5-2-3-6-12(11,7-4-8-13)15-10(14)9-11/h2-3,5-6,8H,4,7,9H2,1H3. The van der Waals surface area contributed by atoms with Crippen molar-refractivity contribution in [1.82, 2.24) is 0 Å². The molecule has 1 aliphatic carbocycles. The van der Waals surface area contributed by atoms with Gasteiger partial charge in [-0.25, -0.2) is 0 Å². The van der Waals surface area contributed by atoms with E-state index in [1.54, 1.807) is 0 Å². The van der Waals surface area contributed by atoms with Crippen LogP contribution in [-0.4, -0.2) is 17.9 Å². The quantitative estimate of drug-likeness (QED) is 0.522. The van der Waals surface area contributed by atoms with Gasteiger partial charge in [-0.1, -0.05) is 25.2 Å². The first-order chi connectivity index (χ1) is 7.12. The van der Waals surface area contributed by atoms with Crippen molar-refractivity contribution in [2.75, 3.05) is 0 Å². The van der Waals surface area contributed by atoms with E-state index < -0.39 is 5.60 Å². The van der Waals surface area contributed by atoms with Crippen LogP contribution in [0.4, 0.5) is 0 Å². The highest BCUT2D eigenvalue weighted by Crippen LogP contribution is 2.50. The highest BCUT2D eigenvalue weighted by molar-refractivity contribution is 5.75. The maximum absolute atomic E-state index is 11.4. The molecule has 3 nitrogen and oxygen atoms in total. The number of ether oxygens (including phenoxy) is 1. The summed E-state index contributed by atoms with van der Waals surface area (Å²) in [6.45, 7) is 2.00. The molecule has 1 saturated heterocycles. The molecule has 0 spiro atoms. The second-order valence-corrected chi connectivity index (χ2v) is 4.38. The maximum atomic E-state index is 11.4. The van der Waals surface area contributed by atoms with Crippen LogP contribution in [0.15, 0.2) is 24.3 Å². The average molecular weight is 206 g/mol. The minimum absolute atomic E-state index is 0.181. The van der Waals surface area contributed by atoms with Crippen molar-refractivity contribution < 1.29 is 14.3 Å². The van der Waals surface area contributed by atoms with E-state index in [9.17, 15) is 9.59 Å². The van der Waals surface area contributed by atoms with Crippen LogP contribution >= 0.6 is 0 Å². The largest absolute Gasteiger partial charge is 0.454 e. The molecule has 2 rings (SSSR count). The number of rotatable bonds is 3. The van der Waals surface area contributed by atoms with Gasteiger partial charge >= 0.3 is 5.97 Å². The van der Waals surface area contributed by atoms with Gasteiger partial charge in [0.25, 0.3) is 0 Å². The van der Waals surface area contributed by atoms with Gasteiger partial charge in [0.05, 0.1) is 6.42 Å². The fourth-order valence-electron chi connectivity index (χ4n) is 2.40. The first kappa shape index (κ1) is 10.1. The zero-order valence-corrected chi connectivity index (χ0v) is 8.73. The summed E-state index contributed by atoms with van der Waals surface area (Å²) >= 11 is 0. The monoisotopic (exact) mass is 206 g/mol. The van der Waals surface area contributed by atoms with Crippen LogP contribution in [0.1, 0.15) is 26.2 Å². The van der Waals surface area contributed by atoms with E-state index in [1.165, 1.54) is 0 Å². The summed E-state index contributed by atoms with van der Waals surface area (Å²) < 4.78 is 5.42. The smallest absolute Gasteiger partial charge is 0.307 e. The number of fused-ring (bicyclic) bond motifs is 1. The van der Waals surface area contributed by atoms with Gasteiger partial charge in [0, 0.05) is 11.8 Å². The Labute approximate surface area is 88.8 Å². The first-order valence-corrected chi connectivity index (χ1v) is 5.14. The molecule has 0 radical (unpaired) electrons. The van der Waals surface area contributed by atoms with Gasteiger partial charge < -0.3 is 9.53 Å². The van der Waals surface area contributed by atoms with Crippen molar-refractivity contribution in [2.24, 2.45) is 5.41 Å². The van der Waals surface area contributed by atoms with E-state index in [4.69, 9.17) is 4.74 Å². The molecule has 0 saturated carbocycles. The van der Waals surface area contributed by atoms with Crippen molar-refractivity contribution in [3.8, 4) is 0 Å². The zero-order chi connectivity index (χ0) is 10.9. The lowest BCUT2D eigenvalue weighted by Gasteiger charge is -2.38. The Bertz CT molecular complexity index is 356. The second kappa shape index (κ2) is 3.33. The van der Waals surface area contributed by atoms with E-state index >= 15 is 0 Å². The summed E-state index contributed by atoms with van der Waals surface area (Å²) in [6.07, 6.45) is 9.97. The summed E-state index contributed by atoms with van der Waals surface area (Å²) in [5.74, 6) is -0.181. The number of carbonyl (C=O) groups is 2. The normalized spacial score (nSPS) is 37.5. The predicted octanol–water partition coefficient (Wildman–Crippen LogP) is 1.78. The van der Waals surface area contributed by atoms with Gasteiger partial charge in [0.15, 0.2) is 0 Å². The SMILES string of the molecule is CC12C=CC=CC1(CCC=O)OC(=O)C2. The van der Waals surface area contributed by atoms with E-state index in [2.05, 4.69) is 0 Å². The fourth-order valence-corrected chi connectivity index (χ4v) is 2.40. The lowest BCUT2D eigenvalue weighted by Crippen LogP contribution is -2.41. The highest BCUT2D eigenvalue weighted by Gasteiger charge is 2.55. The molecule has 0 N–H and O–H groups in total. The topological polar surface area (TPSA) is 43.4 Å². The third kappa shape index (κ3) is 1.42. The molecule has 2 unspecified atom stereocenters. The Kier molecular flexibility index (Phi) is 2.25. The van der Waals surface area contributed by atoms with Crippen molar-refractivity contribution >= 4 is 12.3 Å². The van der Waals surface area contributed by atoms with Crippen LogP contribution in [0.5, 0.6) is 0 Å². The summed E-state index contributed by atoms with van der Waals surface area (Å²) in [5, 5.41) is 0. The minimum atomic E-state index is -0.597. The van der Waals surface area contributed by atoms with E-state index in [0.717, 1.165) is 6.29 Å². The van der Waals surface area contributed by atoms with Gasteiger partial charge in [0.2, 0.25) is 0 Å². The molecule has 3 heteroatoms. The molecule has 80 valence electrons. The summed E-state index contributed by atoms with van der Waals surface area (Å²) in [4.78, 5) is 21.8. The Hall–Kier alpha value is -1.38. The molecule has 1 fully saturated rings. The van der Waals surface area contributed by atoms with Crippen LogP contribution in [0.25, 0.3) is 0 Å². The number of carbonyl (C=O) groups excluding carboxylic acids is 2. The van der Waals surface area contributed by atoms with Crippen LogP contribution in [0, 0.1) is 5.41 Å². The number of allylic oxidation sites excluding steroid dienone is 2. The molecule has 2 aliphatic rings. The molecule has 0 amide bonds. The third-order valence-electron chi connectivity index (χ3n) is 3.35.